The fraction of sp³-hybridized carbons (Fsp3) is 0.375. The predicted molar refractivity (Wildman–Crippen MR) is 37.7 cm³/mol. The van der Waals surface area contributed by atoms with Crippen LogP contribution >= 0.6 is 0 Å². The summed E-state index contributed by atoms with van der Waals surface area (Å²) in [5.74, 6) is 1.50. The van der Waals surface area contributed by atoms with Crippen LogP contribution in [0.25, 0.3) is 0 Å². The fourth-order valence-electron chi connectivity index (χ4n) is 0.749. The molecule has 1 aliphatic carbocycles. The molecule has 1 aliphatic rings. The molecular formula is C8H11O. The topological polar surface area (TPSA) is 9.23 Å². The van der Waals surface area contributed by atoms with Gasteiger partial charge in [0.05, 0.1) is 7.11 Å². The Kier molecular flexibility index (Phi) is 1.93. The minimum Gasteiger partial charge on any atom is -0.497 e. The number of ether oxygens (including phenoxy) is 1. The van der Waals surface area contributed by atoms with Gasteiger partial charge in [-0.25, -0.2) is 0 Å². The molecule has 1 nitrogen and oxygen atoms in total. The third-order valence-electron chi connectivity index (χ3n) is 1.36. The second-order valence-corrected chi connectivity index (χ2v) is 2.18. The van der Waals surface area contributed by atoms with Crippen LogP contribution in [0.5, 0.6) is 0 Å². The van der Waals surface area contributed by atoms with Gasteiger partial charge in [0.15, 0.2) is 0 Å². The average molecular weight is 123 g/mol. The van der Waals surface area contributed by atoms with E-state index in [1.807, 2.05) is 12.2 Å². The molecule has 0 amide bonds. The van der Waals surface area contributed by atoms with Crippen LogP contribution < -0.4 is 0 Å². The van der Waals surface area contributed by atoms with E-state index in [2.05, 4.69) is 19.4 Å². The highest BCUT2D eigenvalue weighted by molar-refractivity contribution is 5.23. The van der Waals surface area contributed by atoms with Crippen molar-refractivity contribution in [3.8, 4) is 0 Å². The van der Waals surface area contributed by atoms with E-state index < -0.39 is 0 Å². The van der Waals surface area contributed by atoms with Crippen LogP contribution in [0.3, 0.4) is 0 Å². The molecule has 0 bridgehead atoms. The first kappa shape index (κ1) is 6.40. The Morgan fingerprint density at radius 1 is 1.56 bits per heavy atom. The van der Waals surface area contributed by atoms with Crippen molar-refractivity contribution in [3.63, 3.8) is 0 Å². The lowest BCUT2D eigenvalue weighted by molar-refractivity contribution is 0.304. The van der Waals surface area contributed by atoms with E-state index >= 15 is 0 Å². The van der Waals surface area contributed by atoms with Gasteiger partial charge in [0.2, 0.25) is 0 Å². The Hall–Kier alpha value is -0.720. The number of hydrogen-bond acceptors (Lipinski definition) is 1. The van der Waals surface area contributed by atoms with Gasteiger partial charge in [0.1, 0.15) is 5.76 Å². The molecule has 1 rings (SSSR count). The van der Waals surface area contributed by atoms with Crippen LogP contribution in [0.15, 0.2) is 24.0 Å². The zero-order chi connectivity index (χ0) is 6.69. The normalized spacial score (nSPS) is 25.6. The van der Waals surface area contributed by atoms with Crippen molar-refractivity contribution in [3.05, 3.63) is 30.4 Å². The quantitative estimate of drug-likeness (QED) is 0.517. The van der Waals surface area contributed by atoms with Gasteiger partial charge in [-0.1, -0.05) is 13.0 Å². The summed E-state index contributed by atoms with van der Waals surface area (Å²) in [7, 11) is 1.68. The van der Waals surface area contributed by atoms with Gasteiger partial charge in [-0.15, -0.1) is 0 Å². The maximum Gasteiger partial charge on any atom is 0.114 e. The van der Waals surface area contributed by atoms with Gasteiger partial charge in [-0.3, -0.25) is 0 Å². The number of rotatable bonds is 1. The van der Waals surface area contributed by atoms with E-state index in [1.54, 1.807) is 7.11 Å². The lowest BCUT2D eigenvalue weighted by Crippen LogP contribution is -1.95. The van der Waals surface area contributed by atoms with Crippen molar-refractivity contribution < 1.29 is 4.74 Å². The molecule has 0 saturated heterocycles. The SMILES string of the molecule is COC1=C[CH]C(C)C=C1. The van der Waals surface area contributed by atoms with Gasteiger partial charge in [-0.05, 0) is 24.5 Å². The van der Waals surface area contributed by atoms with Crippen LogP contribution in [0.4, 0.5) is 0 Å². The molecule has 0 aromatic carbocycles. The van der Waals surface area contributed by atoms with E-state index in [9.17, 15) is 0 Å². The van der Waals surface area contributed by atoms with E-state index in [0.717, 1.165) is 5.76 Å². The average Bonchev–Trinajstić information content (AvgIpc) is 1.90. The highest BCUT2D eigenvalue weighted by atomic mass is 16.5. The Labute approximate surface area is 56.0 Å². The Morgan fingerprint density at radius 3 is 2.78 bits per heavy atom. The zero-order valence-electron chi connectivity index (χ0n) is 5.79. The summed E-state index contributed by atoms with van der Waals surface area (Å²) in [6, 6.07) is 0. The molecule has 0 aromatic heterocycles. The summed E-state index contributed by atoms with van der Waals surface area (Å²) in [6.45, 7) is 2.14. The molecule has 1 radical (unpaired) electrons. The molecule has 0 spiro atoms. The molecule has 49 valence electrons. The molecule has 9 heavy (non-hydrogen) atoms. The Morgan fingerprint density at radius 2 is 2.33 bits per heavy atom. The Balaban J connectivity index is 2.52. The summed E-state index contributed by atoms with van der Waals surface area (Å²) < 4.78 is 4.98. The van der Waals surface area contributed by atoms with Gasteiger partial charge in [0.25, 0.3) is 0 Å². The van der Waals surface area contributed by atoms with E-state index in [4.69, 9.17) is 4.74 Å². The first-order valence-electron chi connectivity index (χ1n) is 3.10. The fourth-order valence-corrected chi connectivity index (χ4v) is 0.749. The maximum absolute atomic E-state index is 4.98. The number of hydrogen-bond donors (Lipinski definition) is 0. The van der Waals surface area contributed by atoms with Crippen LogP contribution in [0.1, 0.15) is 6.92 Å². The standard InChI is InChI=1S/C8H11O/c1-7-3-5-8(9-2)6-4-7/h3-7H,1-2H3. The molecule has 0 heterocycles. The number of methoxy groups -OCH3 is 1. The molecule has 1 atom stereocenters. The summed E-state index contributed by atoms with van der Waals surface area (Å²) >= 11 is 0. The van der Waals surface area contributed by atoms with Crippen molar-refractivity contribution >= 4 is 0 Å². The van der Waals surface area contributed by atoms with Gasteiger partial charge < -0.3 is 4.74 Å². The largest absolute Gasteiger partial charge is 0.497 e. The minimum absolute atomic E-state index is 0.559. The monoisotopic (exact) mass is 123 g/mol. The molecule has 0 aliphatic heterocycles. The maximum atomic E-state index is 4.98. The summed E-state index contributed by atoms with van der Waals surface area (Å²) in [5, 5.41) is 0. The Bertz CT molecular complexity index is 145. The van der Waals surface area contributed by atoms with Crippen LogP contribution in [0.2, 0.25) is 0 Å². The number of allylic oxidation sites excluding steroid dienone is 3. The van der Waals surface area contributed by atoms with Crippen molar-refractivity contribution in [2.75, 3.05) is 7.11 Å². The molecular weight excluding hydrogens is 112 g/mol. The first-order chi connectivity index (χ1) is 4.33. The molecule has 1 unspecified atom stereocenters. The third kappa shape index (κ3) is 1.60. The van der Waals surface area contributed by atoms with Crippen molar-refractivity contribution in [2.24, 2.45) is 5.92 Å². The van der Waals surface area contributed by atoms with E-state index in [0.29, 0.717) is 5.92 Å². The van der Waals surface area contributed by atoms with Gasteiger partial charge >= 0.3 is 0 Å². The van der Waals surface area contributed by atoms with Crippen LogP contribution in [-0.2, 0) is 4.74 Å². The third-order valence-corrected chi connectivity index (χ3v) is 1.36. The van der Waals surface area contributed by atoms with Gasteiger partial charge in [-0.2, -0.15) is 0 Å². The molecule has 0 fully saturated rings. The highest BCUT2D eigenvalue weighted by Gasteiger charge is 2.01. The first-order valence-corrected chi connectivity index (χ1v) is 3.10. The molecule has 0 aromatic rings. The second kappa shape index (κ2) is 2.72. The second-order valence-electron chi connectivity index (χ2n) is 2.18. The highest BCUT2D eigenvalue weighted by Crippen LogP contribution is 2.13. The summed E-state index contributed by atoms with van der Waals surface area (Å²) in [4.78, 5) is 0. The smallest absolute Gasteiger partial charge is 0.114 e. The van der Waals surface area contributed by atoms with Crippen LogP contribution in [-0.4, -0.2) is 7.11 Å². The van der Waals surface area contributed by atoms with Crippen molar-refractivity contribution in [1.29, 1.82) is 0 Å². The van der Waals surface area contributed by atoms with Gasteiger partial charge in [0, 0.05) is 0 Å². The van der Waals surface area contributed by atoms with Crippen molar-refractivity contribution in [2.45, 2.75) is 6.92 Å². The minimum atomic E-state index is 0.559. The molecule has 0 saturated carbocycles. The predicted octanol–water partition coefficient (Wildman–Crippen LogP) is 1.93. The lowest BCUT2D eigenvalue weighted by atomic mass is 10.0. The molecule has 0 N–H and O–H groups in total. The zero-order valence-corrected chi connectivity index (χ0v) is 5.79. The summed E-state index contributed by atoms with van der Waals surface area (Å²) in [6.07, 6.45) is 8.20. The van der Waals surface area contributed by atoms with Crippen LogP contribution in [0, 0.1) is 12.3 Å². The lowest BCUT2D eigenvalue weighted by Gasteiger charge is -2.09. The van der Waals surface area contributed by atoms with E-state index in [-0.39, 0.29) is 0 Å². The van der Waals surface area contributed by atoms with Crippen molar-refractivity contribution in [1.82, 2.24) is 0 Å². The summed E-state index contributed by atoms with van der Waals surface area (Å²) in [5.41, 5.74) is 0. The van der Waals surface area contributed by atoms with E-state index in [1.165, 1.54) is 0 Å². The molecule has 1 heteroatoms.